The van der Waals surface area contributed by atoms with Crippen molar-refractivity contribution < 1.29 is 22.7 Å². The SMILES string of the molecule is CCCNC(=O)[C@H](CC)N(Cc1ccc(C)cc1)C(=O)CN(c1ccc(OC)c(Cl)c1)S(C)(=O)=O. The molecule has 8 nitrogen and oxygen atoms in total. The predicted molar refractivity (Wildman–Crippen MR) is 139 cm³/mol. The summed E-state index contributed by atoms with van der Waals surface area (Å²) >= 11 is 6.21. The van der Waals surface area contributed by atoms with Crippen molar-refractivity contribution >= 4 is 39.1 Å². The number of sulfonamides is 1. The third kappa shape index (κ3) is 7.86. The van der Waals surface area contributed by atoms with Crippen molar-refractivity contribution in [1.82, 2.24) is 10.2 Å². The van der Waals surface area contributed by atoms with E-state index in [1.54, 1.807) is 0 Å². The Labute approximate surface area is 213 Å². The van der Waals surface area contributed by atoms with Gasteiger partial charge in [0.25, 0.3) is 0 Å². The van der Waals surface area contributed by atoms with Crippen LogP contribution >= 0.6 is 11.6 Å². The molecule has 0 aromatic heterocycles. The Balaban J connectivity index is 2.43. The van der Waals surface area contributed by atoms with E-state index in [0.29, 0.717) is 18.7 Å². The highest BCUT2D eigenvalue weighted by molar-refractivity contribution is 7.92. The fraction of sp³-hybridized carbons (Fsp3) is 0.440. The first kappa shape index (κ1) is 28.5. The van der Waals surface area contributed by atoms with Crippen LogP contribution in [0.5, 0.6) is 5.75 Å². The Hall–Kier alpha value is -2.78. The molecular formula is C25H34ClN3O5S. The summed E-state index contributed by atoms with van der Waals surface area (Å²) in [7, 11) is -2.39. The Kier molecular flexibility index (Phi) is 10.4. The molecule has 0 spiro atoms. The summed E-state index contributed by atoms with van der Waals surface area (Å²) in [5, 5.41) is 3.07. The summed E-state index contributed by atoms with van der Waals surface area (Å²) in [5.41, 5.74) is 2.13. The standard InChI is InChI=1S/C25H34ClN3O5S/c1-6-14-27-25(31)22(7-2)28(16-19-10-8-18(3)9-11-19)24(30)17-29(35(5,32)33)20-12-13-23(34-4)21(26)15-20/h8-13,15,22H,6-7,14,16-17H2,1-5H3,(H,27,31)/t22-/m0/s1. The average Bonchev–Trinajstić information content (AvgIpc) is 2.81. The van der Waals surface area contributed by atoms with Gasteiger partial charge in [-0.2, -0.15) is 0 Å². The Morgan fingerprint density at radius 2 is 1.77 bits per heavy atom. The number of nitrogens with one attached hydrogen (secondary N) is 1. The zero-order chi connectivity index (χ0) is 26.2. The van der Waals surface area contributed by atoms with Gasteiger partial charge in [-0.05, 0) is 43.5 Å². The van der Waals surface area contributed by atoms with E-state index in [0.717, 1.165) is 28.1 Å². The minimum absolute atomic E-state index is 0.165. The molecule has 1 atom stereocenters. The molecule has 2 rings (SSSR count). The number of halogens is 1. The van der Waals surface area contributed by atoms with Gasteiger partial charge >= 0.3 is 0 Å². The molecule has 0 bridgehead atoms. The summed E-state index contributed by atoms with van der Waals surface area (Å²) in [6, 6.07) is 11.4. The number of aryl methyl sites for hydroxylation is 1. The number of hydrogen-bond acceptors (Lipinski definition) is 5. The van der Waals surface area contributed by atoms with Crippen molar-refractivity contribution in [3.63, 3.8) is 0 Å². The predicted octanol–water partition coefficient (Wildman–Crippen LogP) is 3.76. The van der Waals surface area contributed by atoms with Gasteiger partial charge in [-0.1, -0.05) is 55.3 Å². The van der Waals surface area contributed by atoms with E-state index < -0.39 is 28.5 Å². The second-order valence-electron chi connectivity index (χ2n) is 8.31. The lowest BCUT2D eigenvalue weighted by Gasteiger charge is -2.33. The quantitative estimate of drug-likeness (QED) is 0.457. The number of amides is 2. The molecule has 192 valence electrons. The molecule has 0 heterocycles. The first-order chi connectivity index (χ1) is 16.5. The molecule has 0 fully saturated rings. The van der Waals surface area contributed by atoms with E-state index in [1.165, 1.54) is 30.2 Å². The summed E-state index contributed by atoms with van der Waals surface area (Å²) in [5.74, 6) is -0.385. The number of rotatable bonds is 12. The molecule has 0 saturated carbocycles. The van der Waals surface area contributed by atoms with Gasteiger partial charge in [0.05, 0.1) is 24.1 Å². The minimum atomic E-state index is -3.84. The summed E-state index contributed by atoms with van der Waals surface area (Å²) < 4.78 is 31.5. The number of carbonyl (C=O) groups excluding carboxylic acids is 2. The first-order valence-corrected chi connectivity index (χ1v) is 13.7. The number of anilines is 1. The molecule has 0 aliphatic carbocycles. The summed E-state index contributed by atoms with van der Waals surface area (Å²) in [6.07, 6.45) is 2.16. The van der Waals surface area contributed by atoms with Crippen molar-refractivity contribution in [2.75, 3.05) is 30.8 Å². The zero-order valence-corrected chi connectivity index (χ0v) is 22.4. The number of benzene rings is 2. The van der Waals surface area contributed by atoms with Gasteiger partial charge in [0.2, 0.25) is 21.8 Å². The lowest BCUT2D eigenvalue weighted by Crippen LogP contribution is -2.52. The highest BCUT2D eigenvalue weighted by Gasteiger charge is 2.31. The first-order valence-electron chi connectivity index (χ1n) is 11.5. The van der Waals surface area contributed by atoms with Gasteiger partial charge in [-0.15, -0.1) is 0 Å². The largest absolute Gasteiger partial charge is 0.495 e. The van der Waals surface area contributed by atoms with Crippen LogP contribution in [0.1, 0.15) is 37.8 Å². The van der Waals surface area contributed by atoms with Crippen molar-refractivity contribution in [3.05, 3.63) is 58.6 Å². The number of nitrogens with zero attached hydrogens (tertiary/aromatic N) is 2. The molecule has 35 heavy (non-hydrogen) atoms. The number of methoxy groups -OCH3 is 1. The molecule has 2 amide bonds. The fourth-order valence-corrected chi connectivity index (χ4v) is 4.69. The second kappa shape index (κ2) is 12.8. The van der Waals surface area contributed by atoms with E-state index in [2.05, 4.69) is 5.32 Å². The third-order valence-corrected chi connectivity index (χ3v) is 6.95. The van der Waals surface area contributed by atoms with Gasteiger partial charge < -0.3 is 15.0 Å². The van der Waals surface area contributed by atoms with E-state index in [1.807, 2.05) is 45.0 Å². The van der Waals surface area contributed by atoms with Crippen LogP contribution in [0.2, 0.25) is 5.02 Å². The molecular weight excluding hydrogens is 490 g/mol. The minimum Gasteiger partial charge on any atom is -0.495 e. The Morgan fingerprint density at radius 1 is 1.11 bits per heavy atom. The Bertz CT molecular complexity index is 1120. The van der Waals surface area contributed by atoms with Crippen LogP contribution in [-0.2, 0) is 26.2 Å². The lowest BCUT2D eigenvalue weighted by atomic mass is 10.1. The molecule has 0 unspecified atom stereocenters. The molecule has 0 saturated heterocycles. The summed E-state index contributed by atoms with van der Waals surface area (Å²) in [6.45, 7) is 5.90. The fourth-order valence-electron chi connectivity index (χ4n) is 3.60. The molecule has 0 radical (unpaired) electrons. The second-order valence-corrected chi connectivity index (χ2v) is 10.6. The summed E-state index contributed by atoms with van der Waals surface area (Å²) in [4.78, 5) is 28.0. The normalized spacial score (nSPS) is 12.1. The van der Waals surface area contributed by atoms with Crippen molar-refractivity contribution in [3.8, 4) is 5.75 Å². The van der Waals surface area contributed by atoms with Gasteiger partial charge in [0.1, 0.15) is 18.3 Å². The van der Waals surface area contributed by atoms with E-state index in [4.69, 9.17) is 16.3 Å². The zero-order valence-electron chi connectivity index (χ0n) is 20.9. The van der Waals surface area contributed by atoms with Crippen LogP contribution in [0.4, 0.5) is 5.69 Å². The maximum atomic E-state index is 13.6. The molecule has 2 aromatic carbocycles. The van der Waals surface area contributed by atoms with Crippen LogP contribution < -0.4 is 14.4 Å². The van der Waals surface area contributed by atoms with Crippen molar-refractivity contribution in [1.29, 1.82) is 0 Å². The van der Waals surface area contributed by atoms with E-state index >= 15 is 0 Å². The van der Waals surface area contributed by atoms with E-state index in [-0.39, 0.29) is 23.2 Å². The van der Waals surface area contributed by atoms with E-state index in [9.17, 15) is 18.0 Å². The van der Waals surface area contributed by atoms with Crippen molar-refractivity contribution in [2.24, 2.45) is 0 Å². The molecule has 1 N–H and O–H groups in total. The van der Waals surface area contributed by atoms with Gasteiger partial charge in [-0.3, -0.25) is 13.9 Å². The number of carbonyl (C=O) groups is 2. The van der Waals surface area contributed by atoms with Crippen LogP contribution in [0.25, 0.3) is 0 Å². The van der Waals surface area contributed by atoms with Crippen LogP contribution in [0.3, 0.4) is 0 Å². The molecule has 2 aromatic rings. The van der Waals surface area contributed by atoms with Gasteiger partial charge in [-0.25, -0.2) is 8.42 Å². The maximum absolute atomic E-state index is 13.6. The average molecular weight is 524 g/mol. The highest BCUT2D eigenvalue weighted by Crippen LogP contribution is 2.30. The number of hydrogen-bond donors (Lipinski definition) is 1. The van der Waals surface area contributed by atoms with Gasteiger partial charge in [0.15, 0.2) is 0 Å². The van der Waals surface area contributed by atoms with Crippen LogP contribution in [0.15, 0.2) is 42.5 Å². The molecule has 10 heteroatoms. The molecule has 0 aliphatic rings. The smallest absolute Gasteiger partial charge is 0.244 e. The van der Waals surface area contributed by atoms with Crippen LogP contribution in [-0.4, -0.2) is 57.6 Å². The van der Waals surface area contributed by atoms with Gasteiger partial charge in [0, 0.05) is 13.1 Å². The maximum Gasteiger partial charge on any atom is 0.244 e. The monoisotopic (exact) mass is 523 g/mol. The lowest BCUT2D eigenvalue weighted by molar-refractivity contribution is -0.140. The van der Waals surface area contributed by atoms with Crippen molar-refractivity contribution in [2.45, 2.75) is 46.2 Å². The number of ether oxygens (including phenoxy) is 1. The highest BCUT2D eigenvalue weighted by atomic mass is 35.5. The topological polar surface area (TPSA) is 96.0 Å². The third-order valence-electron chi connectivity index (χ3n) is 5.51. The Morgan fingerprint density at radius 3 is 2.29 bits per heavy atom. The van der Waals surface area contributed by atoms with Crippen LogP contribution in [0, 0.1) is 6.92 Å². The molecule has 0 aliphatic heterocycles.